The minimum Gasteiger partial charge on any atom is -0.682 e. The zero-order chi connectivity index (χ0) is 20.3. The molecule has 1 heterocycles. The molecule has 0 N–H and O–H groups in total. The normalized spacial score (nSPS) is 10.7. The Morgan fingerprint density at radius 1 is 0.806 bits per heavy atom. The molecule has 0 spiro atoms. The summed E-state index contributed by atoms with van der Waals surface area (Å²) in [4.78, 5) is 10.4. The van der Waals surface area contributed by atoms with Gasteiger partial charge in [0.15, 0.2) is 0 Å². The summed E-state index contributed by atoms with van der Waals surface area (Å²) in [6.07, 6.45) is 0. The van der Waals surface area contributed by atoms with Crippen molar-refractivity contribution >= 4 is 19.2 Å². The number of nitrogens with zero attached hydrogens (tertiary/aromatic N) is 2. The van der Waals surface area contributed by atoms with E-state index in [2.05, 4.69) is 89.3 Å². The van der Waals surface area contributed by atoms with E-state index in [1.165, 1.54) is 16.8 Å². The Bertz CT molecular complexity index is 911. The number of pyridine rings is 1. The molecule has 2 nitrogen and oxygen atoms in total. The summed E-state index contributed by atoms with van der Waals surface area (Å²) >= 11 is 0. The van der Waals surface area contributed by atoms with Gasteiger partial charge in [0, 0.05) is 8.24 Å². The van der Waals surface area contributed by atoms with Gasteiger partial charge in [0.05, 0.1) is 0 Å². The van der Waals surface area contributed by atoms with Crippen LogP contribution in [0.4, 0.5) is 5.69 Å². The van der Waals surface area contributed by atoms with Gasteiger partial charge >= 0.3 is 25.8 Å². The van der Waals surface area contributed by atoms with Crippen molar-refractivity contribution in [3.63, 3.8) is 0 Å². The van der Waals surface area contributed by atoms with Gasteiger partial charge in [-0.3, -0.25) is 0 Å². The van der Waals surface area contributed by atoms with E-state index in [1.54, 1.807) is 0 Å². The molecule has 0 aliphatic heterocycles. The maximum absolute atomic E-state index is 5.40. The van der Waals surface area contributed by atoms with Gasteiger partial charge in [-0.25, -0.2) is 0 Å². The summed E-state index contributed by atoms with van der Waals surface area (Å²) in [5.74, 6) is 0.890. The second-order valence-electron chi connectivity index (χ2n) is 8.45. The smallest absolute Gasteiger partial charge is 0.682 e. The molecule has 0 amide bonds. The van der Waals surface area contributed by atoms with Crippen LogP contribution in [-0.2, 0) is 25.8 Å². The Balaban J connectivity index is 0.00000300. The van der Waals surface area contributed by atoms with Gasteiger partial charge in [-0.15, -0.1) is 41.6 Å². The van der Waals surface area contributed by atoms with E-state index in [1.807, 2.05) is 18.2 Å². The van der Waals surface area contributed by atoms with Crippen LogP contribution in [0.3, 0.4) is 0 Å². The number of hydrogen-bond donors (Lipinski definition) is 0. The molecule has 0 saturated heterocycles. The molecule has 1 aromatic heterocycles. The average molecular weight is 595 g/mol. The molecular formula is C27H36HfN2Si. The van der Waals surface area contributed by atoms with Gasteiger partial charge in [-0.1, -0.05) is 82.2 Å². The van der Waals surface area contributed by atoms with E-state index in [0.717, 1.165) is 16.6 Å². The summed E-state index contributed by atoms with van der Waals surface area (Å²) in [5.41, 5.74) is 5.84. The Kier molecular flexibility index (Phi) is 11.9. The van der Waals surface area contributed by atoms with Crippen LogP contribution >= 0.6 is 0 Å². The van der Waals surface area contributed by atoms with Gasteiger partial charge in [0.2, 0.25) is 0 Å². The van der Waals surface area contributed by atoms with Gasteiger partial charge in [0.25, 0.3) is 0 Å². The quantitative estimate of drug-likeness (QED) is 0.211. The Morgan fingerprint density at radius 2 is 1.39 bits per heavy atom. The van der Waals surface area contributed by atoms with Gasteiger partial charge in [-0.05, 0) is 28.9 Å². The Hall–Kier alpha value is -1.52. The van der Waals surface area contributed by atoms with Crippen molar-refractivity contribution in [3.8, 4) is 11.3 Å². The predicted molar refractivity (Wildman–Crippen MR) is 136 cm³/mol. The van der Waals surface area contributed by atoms with Crippen LogP contribution in [0.1, 0.15) is 50.7 Å². The molecule has 4 heteroatoms. The fourth-order valence-corrected chi connectivity index (χ4v) is 5.29. The second kappa shape index (κ2) is 12.5. The van der Waals surface area contributed by atoms with E-state index in [9.17, 15) is 0 Å². The van der Waals surface area contributed by atoms with Crippen molar-refractivity contribution in [1.29, 1.82) is 0 Å². The van der Waals surface area contributed by atoms with E-state index in [0.29, 0.717) is 11.8 Å². The molecule has 31 heavy (non-hydrogen) atoms. The van der Waals surface area contributed by atoms with Gasteiger partial charge in [0.1, 0.15) is 0 Å². The third-order valence-electron chi connectivity index (χ3n) is 5.09. The van der Waals surface area contributed by atoms with Crippen LogP contribution < -0.4 is 5.32 Å². The van der Waals surface area contributed by atoms with E-state index < -0.39 is 8.24 Å². The third-order valence-corrected chi connectivity index (χ3v) is 7.41. The SMILES string of the molecule is CC(C)c1cccc(C(C)C)c1[N-][Si](C)(C)c1cccc(-c2[c-]cccc2)n1.[CH3-].[CH3-].[Hf+4]. The summed E-state index contributed by atoms with van der Waals surface area (Å²) in [7, 11) is -2.14. The first-order valence-electron chi connectivity index (χ1n) is 10.1. The van der Waals surface area contributed by atoms with Crippen molar-refractivity contribution in [3.05, 3.63) is 97.7 Å². The first-order valence-corrected chi connectivity index (χ1v) is 13.0. The molecule has 0 unspecified atom stereocenters. The van der Waals surface area contributed by atoms with Crippen LogP contribution in [-0.4, -0.2) is 13.2 Å². The summed E-state index contributed by atoms with van der Waals surface area (Å²) < 4.78 is 0. The monoisotopic (exact) mass is 596 g/mol. The zero-order valence-corrected chi connectivity index (χ0v) is 24.9. The Labute approximate surface area is 210 Å². The van der Waals surface area contributed by atoms with E-state index in [4.69, 9.17) is 9.97 Å². The molecule has 0 aliphatic rings. The van der Waals surface area contributed by atoms with Crippen molar-refractivity contribution < 1.29 is 25.8 Å². The topological polar surface area (TPSA) is 27.0 Å². The molecule has 0 saturated carbocycles. The maximum Gasteiger partial charge on any atom is 4.00 e. The minimum absolute atomic E-state index is 0. The average Bonchev–Trinajstić information content (AvgIpc) is 2.68. The molecule has 0 aliphatic carbocycles. The first kappa shape index (κ1) is 29.5. The molecular weight excluding hydrogens is 559 g/mol. The first-order chi connectivity index (χ1) is 13.3. The number of hydrogen-bond acceptors (Lipinski definition) is 1. The summed E-state index contributed by atoms with van der Waals surface area (Å²) in [5, 5.41) is 1.11. The van der Waals surface area contributed by atoms with E-state index >= 15 is 0 Å². The summed E-state index contributed by atoms with van der Waals surface area (Å²) in [6, 6.07) is 24.2. The summed E-state index contributed by atoms with van der Waals surface area (Å²) in [6.45, 7) is 13.6. The van der Waals surface area contributed by atoms with Crippen LogP contribution in [0.2, 0.25) is 13.1 Å². The molecule has 3 aromatic rings. The largest absolute Gasteiger partial charge is 4.00 e. The Morgan fingerprint density at radius 3 is 1.90 bits per heavy atom. The van der Waals surface area contributed by atoms with Crippen molar-refractivity contribution in [1.82, 2.24) is 4.98 Å². The van der Waals surface area contributed by atoms with E-state index in [-0.39, 0.29) is 40.7 Å². The van der Waals surface area contributed by atoms with Gasteiger partial charge in [-0.2, -0.15) is 0 Å². The number of aromatic nitrogens is 1. The fraction of sp³-hybridized carbons (Fsp3) is 0.296. The van der Waals surface area contributed by atoms with Crippen LogP contribution in [0.5, 0.6) is 0 Å². The molecule has 0 fully saturated rings. The molecule has 0 bridgehead atoms. The van der Waals surface area contributed by atoms with Crippen molar-refractivity contribution in [2.75, 3.05) is 0 Å². The van der Waals surface area contributed by atoms with Crippen molar-refractivity contribution in [2.45, 2.75) is 52.6 Å². The van der Waals surface area contributed by atoms with Crippen LogP contribution in [0, 0.1) is 20.9 Å². The molecule has 162 valence electrons. The van der Waals surface area contributed by atoms with Crippen LogP contribution in [0.25, 0.3) is 16.2 Å². The third kappa shape index (κ3) is 6.98. The standard InChI is InChI=1S/C25H30N2Si.2CH3.Hf/c1-18(2)21-14-10-15-22(19(3)4)25(21)27-28(5,6)24-17-11-16-23(26-24)20-12-8-7-9-13-20;;;/h7-12,14-19H,1-6H3;2*1H3;/q-2;2*-1;+4. The molecule has 2 aromatic carbocycles. The molecule has 3 rings (SSSR count). The number of rotatable bonds is 6. The van der Waals surface area contributed by atoms with Crippen LogP contribution in [0.15, 0.2) is 60.7 Å². The number of benzene rings is 2. The molecule has 0 radical (unpaired) electrons. The second-order valence-corrected chi connectivity index (χ2v) is 12.3. The fourth-order valence-electron chi connectivity index (χ4n) is 3.46. The zero-order valence-electron chi connectivity index (χ0n) is 20.3. The molecule has 0 atom stereocenters. The maximum atomic E-state index is 5.40. The van der Waals surface area contributed by atoms with Crippen molar-refractivity contribution in [2.24, 2.45) is 0 Å². The predicted octanol–water partition coefficient (Wildman–Crippen LogP) is 7.81. The van der Waals surface area contributed by atoms with Gasteiger partial charge < -0.3 is 24.8 Å². The minimum atomic E-state index is -2.14.